The van der Waals surface area contributed by atoms with Gasteiger partial charge in [0.15, 0.2) is 6.29 Å². The minimum absolute atomic E-state index is 0.173. The number of hydrogen-bond acceptors (Lipinski definition) is 8. The average Bonchev–Trinajstić information content (AvgIpc) is 3.21. The third-order valence-corrected chi connectivity index (χ3v) is 11.9. The zero-order valence-corrected chi connectivity index (χ0v) is 37.1. The molecule has 0 radical (unpaired) electrons. The van der Waals surface area contributed by atoms with Crippen molar-refractivity contribution in [3.8, 4) is 0 Å². The Morgan fingerprint density at radius 1 is 0.579 bits per heavy atom. The van der Waals surface area contributed by atoms with Crippen LogP contribution in [0.3, 0.4) is 0 Å². The van der Waals surface area contributed by atoms with E-state index in [0.29, 0.717) is 6.42 Å². The van der Waals surface area contributed by atoms with E-state index in [1.54, 1.807) is 6.08 Å². The van der Waals surface area contributed by atoms with Gasteiger partial charge in [-0.15, -0.1) is 0 Å². The Bertz CT molecular complexity index is 904. The predicted molar refractivity (Wildman–Crippen MR) is 235 cm³/mol. The Hall–Kier alpha value is -1.07. The van der Waals surface area contributed by atoms with Crippen LogP contribution in [-0.2, 0) is 14.3 Å². The molecule has 7 unspecified atom stereocenters. The van der Waals surface area contributed by atoms with Gasteiger partial charge in [0, 0.05) is 6.42 Å². The lowest BCUT2D eigenvalue weighted by Gasteiger charge is -2.40. The Labute approximate surface area is 350 Å². The number of carbonyl (C=O) groups excluding carboxylic acids is 1. The smallest absolute Gasteiger partial charge is 0.220 e. The van der Waals surface area contributed by atoms with Gasteiger partial charge >= 0.3 is 0 Å². The van der Waals surface area contributed by atoms with E-state index in [0.717, 1.165) is 38.5 Å². The minimum atomic E-state index is -1.56. The summed E-state index contributed by atoms with van der Waals surface area (Å²) in [4.78, 5) is 13.0. The zero-order valence-electron chi connectivity index (χ0n) is 37.1. The van der Waals surface area contributed by atoms with Crippen molar-refractivity contribution in [2.75, 3.05) is 13.2 Å². The van der Waals surface area contributed by atoms with Gasteiger partial charge < -0.3 is 40.3 Å². The maximum atomic E-state index is 13.0. The van der Waals surface area contributed by atoms with E-state index in [4.69, 9.17) is 9.47 Å². The zero-order chi connectivity index (χ0) is 41.6. The maximum Gasteiger partial charge on any atom is 0.220 e. The molecule has 6 N–H and O–H groups in total. The molecule has 0 bridgehead atoms. The van der Waals surface area contributed by atoms with Crippen molar-refractivity contribution < 1.29 is 39.8 Å². The first-order valence-corrected chi connectivity index (χ1v) is 24.4. The summed E-state index contributed by atoms with van der Waals surface area (Å²) in [6.45, 7) is 3.79. The molecule has 7 atom stereocenters. The number of amides is 1. The van der Waals surface area contributed by atoms with Gasteiger partial charge in [-0.1, -0.05) is 219 Å². The van der Waals surface area contributed by atoms with Gasteiger partial charge in [0.25, 0.3) is 0 Å². The Morgan fingerprint density at radius 2 is 0.965 bits per heavy atom. The molecule has 9 heteroatoms. The first-order valence-electron chi connectivity index (χ1n) is 24.4. The number of aliphatic hydroxyl groups is 5. The number of hydrogen-bond donors (Lipinski definition) is 6. The van der Waals surface area contributed by atoms with Gasteiger partial charge in [0.1, 0.15) is 24.4 Å². The Kier molecular flexibility index (Phi) is 37.0. The summed E-state index contributed by atoms with van der Waals surface area (Å²) in [7, 11) is 0. The van der Waals surface area contributed by atoms with Crippen LogP contribution in [0.2, 0.25) is 0 Å². The summed E-state index contributed by atoms with van der Waals surface area (Å²) in [5.74, 6) is -0.173. The van der Waals surface area contributed by atoms with E-state index in [9.17, 15) is 30.3 Å². The molecule has 9 nitrogen and oxygen atoms in total. The van der Waals surface area contributed by atoms with E-state index in [-0.39, 0.29) is 12.5 Å². The number of nitrogens with one attached hydrogen (secondary N) is 1. The molecule has 1 heterocycles. The van der Waals surface area contributed by atoms with Crippen molar-refractivity contribution in [2.45, 2.75) is 275 Å². The molecule has 1 amide bonds. The second-order valence-corrected chi connectivity index (χ2v) is 17.3. The third-order valence-electron chi connectivity index (χ3n) is 11.9. The summed E-state index contributed by atoms with van der Waals surface area (Å²) in [5, 5.41) is 54.3. The number of aliphatic hydroxyl groups excluding tert-OH is 5. The van der Waals surface area contributed by atoms with Crippen LogP contribution in [0.4, 0.5) is 0 Å². The summed E-state index contributed by atoms with van der Waals surface area (Å²) >= 11 is 0. The summed E-state index contributed by atoms with van der Waals surface area (Å²) in [5.41, 5.74) is 0. The largest absolute Gasteiger partial charge is 0.394 e. The van der Waals surface area contributed by atoms with Crippen LogP contribution in [0.1, 0.15) is 232 Å². The summed E-state index contributed by atoms with van der Waals surface area (Å²) in [6, 6.07) is -0.798. The second-order valence-electron chi connectivity index (χ2n) is 17.3. The lowest BCUT2D eigenvalue weighted by molar-refractivity contribution is -0.302. The van der Waals surface area contributed by atoms with Crippen molar-refractivity contribution in [1.82, 2.24) is 5.32 Å². The van der Waals surface area contributed by atoms with Crippen LogP contribution in [-0.4, -0.2) is 87.5 Å². The quantitative estimate of drug-likeness (QED) is 0.0264. The Balaban J connectivity index is 2.32. The Morgan fingerprint density at radius 3 is 1.37 bits per heavy atom. The molecule has 1 aliphatic rings. The molecular formula is C48H93NO8. The summed E-state index contributed by atoms with van der Waals surface area (Å²) in [6.07, 6.45) is 38.2. The molecule has 0 aromatic carbocycles. The fourth-order valence-electron chi connectivity index (χ4n) is 7.92. The molecule has 0 saturated carbocycles. The highest BCUT2D eigenvalue weighted by Gasteiger charge is 2.44. The number of carbonyl (C=O) groups is 1. The highest BCUT2D eigenvalue weighted by molar-refractivity contribution is 5.76. The SMILES string of the molecule is CCCCCCCCCCCCCCCCC/C=C/C(O)C(COC1OC(CO)C(O)C(O)C1O)NC(=O)CCCCCCCCCCCCCCCCCCC. The number of unbranched alkanes of at least 4 members (excludes halogenated alkanes) is 31. The van der Waals surface area contributed by atoms with E-state index in [1.807, 2.05) is 6.08 Å². The molecule has 0 aromatic rings. The first kappa shape index (κ1) is 53.9. The van der Waals surface area contributed by atoms with Gasteiger partial charge in [0.05, 0.1) is 25.4 Å². The topological polar surface area (TPSA) is 149 Å². The molecule has 338 valence electrons. The van der Waals surface area contributed by atoms with Gasteiger partial charge in [-0.05, 0) is 19.3 Å². The maximum absolute atomic E-state index is 13.0. The second kappa shape index (κ2) is 39.1. The van der Waals surface area contributed by atoms with E-state index in [2.05, 4.69) is 19.2 Å². The normalized spacial score (nSPS) is 21.0. The molecule has 1 fully saturated rings. The molecule has 0 aromatic heterocycles. The lowest BCUT2D eigenvalue weighted by Crippen LogP contribution is -2.60. The van der Waals surface area contributed by atoms with Crippen LogP contribution in [0.25, 0.3) is 0 Å². The molecule has 57 heavy (non-hydrogen) atoms. The number of allylic oxidation sites excluding steroid dienone is 1. The fraction of sp³-hybridized carbons (Fsp3) is 0.938. The first-order chi connectivity index (χ1) is 27.8. The van der Waals surface area contributed by atoms with Crippen LogP contribution in [0, 0.1) is 0 Å². The molecule has 1 rings (SSSR count). The van der Waals surface area contributed by atoms with E-state index in [1.165, 1.54) is 173 Å². The van der Waals surface area contributed by atoms with Crippen LogP contribution < -0.4 is 5.32 Å². The molecule has 0 aliphatic carbocycles. The number of rotatable bonds is 41. The highest BCUT2D eigenvalue weighted by atomic mass is 16.7. The van der Waals surface area contributed by atoms with Crippen molar-refractivity contribution >= 4 is 5.91 Å². The van der Waals surface area contributed by atoms with Crippen LogP contribution in [0.5, 0.6) is 0 Å². The standard InChI is InChI=1S/C48H93NO8/c1-3-5-7-9-11-13-15-17-19-21-23-25-27-29-31-33-35-37-42(51)41(40-56-48-47(55)46(54)45(53)43(39-50)57-48)49-44(52)38-36-34-32-30-28-26-24-22-20-18-16-14-12-10-8-6-4-2/h35,37,41-43,45-48,50-51,53-55H,3-34,36,38-40H2,1-2H3,(H,49,52)/b37-35+. The molecule has 1 saturated heterocycles. The highest BCUT2D eigenvalue weighted by Crippen LogP contribution is 2.23. The molecular weight excluding hydrogens is 719 g/mol. The molecule has 1 aliphatic heterocycles. The van der Waals surface area contributed by atoms with Gasteiger partial charge in [-0.3, -0.25) is 4.79 Å². The molecule has 0 spiro atoms. The third kappa shape index (κ3) is 29.7. The van der Waals surface area contributed by atoms with Gasteiger partial charge in [0.2, 0.25) is 5.91 Å². The van der Waals surface area contributed by atoms with Gasteiger partial charge in [-0.25, -0.2) is 0 Å². The number of ether oxygens (including phenoxy) is 2. The van der Waals surface area contributed by atoms with Crippen molar-refractivity contribution in [3.63, 3.8) is 0 Å². The van der Waals surface area contributed by atoms with Crippen LogP contribution >= 0.6 is 0 Å². The van der Waals surface area contributed by atoms with E-state index >= 15 is 0 Å². The van der Waals surface area contributed by atoms with Crippen molar-refractivity contribution in [3.05, 3.63) is 12.2 Å². The monoisotopic (exact) mass is 812 g/mol. The van der Waals surface area contributed by atoms with E-state index < -0.39 is 49.5 Å². The predicted octanol–water partition coefficient (Wildman–Crippen LogP) is 10.5. The van der Waals surface area contributed by atoms with Gasteiger partial charge in [-0.2, -0.15) is 0 Å². The van der Waals surface area contributed by atoms with Crippen LogP contribution in [0.15, 0.2) is 12.2 Å². The average molecular weight is 812 g/mol. The summed E-state index contributed by atoms with van der Waals surface area (Å²) < 4.78 is 11.2. The minimum Gasteiger partial charge on any atom is -0.394 e. The fourth-order valence-corrected chi connectivity index (χ4v) is 7.92. The van der Waals surface area contributed by atoms with Crippen molar-refractivity contribution in [1.29, 1.82) is 0 Å². The lowest BCUT2D eigenvalue weighted by atomic mass is 9.99. The van der Waals surface area contributed by atoms with Crippen molar-refractivity contribution in [2.24, 2.45) is 0 Å².